The zero-order valence-electron chi connectivity index (χ0n) is 10.2. The number of hydrogen-bond donors (Lipinski definition) is 2. The number of piperazine rings is 1. The molecule has 18 heavy (non-hydrogen) atoms. The molecule has 1 aliphatic rings. The van der Waals surface area contributed by atoms with Crippen LogP contribution in [0, 0.1) is 0 Å². The molecule has 1 unspecified atom stereocenters. The van der Waals surface area contributed by atoms with Crippen molar-refractivity contribution in [2.75, 3.05) is 31.5 Å². The maximum atomic E-state index is 12.0. The normalized spacial score (nSPS) is 18.3. The van der Waals surface area contributed by atoms with E-state index in [9.17, 15) is 4.79 Å². The molecule has 1 atom stereocenters. The topological polar surface area (TPSA) is 70.2 Å². The standard InChI is InChI=1S/C11H16BrN5O/c1-8(17-4-2-13-3-5-17)11(18)16-10-7-14-9(12)6-15-10/h6-8,13H,2-5H2,1H3,(H,15,16,18). The molecule has 0 bridgehead atoms. The highest BCUT2D eigenvalue weighted by molar-refractivity contribution is 9.10. The lowest BCUT2D eigenvalue weighted by atomic mass is 10.2. The Labute approximate surface area is 114 Å². The first-order valence-electron chi connectivity index (χ1n) is 5.90. The molecule has 1 saturated heterocycles. The van der Waals surface area contributed by atoms with Crippen LogP contribution in [0.5, 0.6) is 0 Å². The summed E-state index contributed by atoms with van der Waals surface area (Å²) >= 11 is 3.20. The fourth-order valence-corrected chi connectivity index (χ4v) is 2.05. The van der Waals surface area contributed by atoms with Gasteiger partial charge in [-0.3, -0.25) is 9.69 Å². The summed E-state index contributed by atoms with van der Waals surface area (Å²) in [7, 11) is 0. The number of amides is 1. The summed E-state index contributed by atoms with van der Waals surface area (Å²) in [5, 5.41) is 6.03. The smallest absolute Gasteiger partial charge is 0.242 e. The van der Waals surface area contributed by atoms with Gasteiger partial charge in [0.15, 0.2) is 5.82 Å². The number of aromatic nitrogens is 2. The third-order valence-corrected chi connectivity index (χ3v) is 3.36. The monoisotopic (exact) mass is 313 g/mol. The van der Waals surface area contributed by atoms with Gasteiger partial charge in [0.1, 0.15) is 4.60 Å². The van der Waals surface area contributed by atoms with Crippen LogP contribution in [0.4, 0.5) is 5.82 Å². The average Bonchev–Trinajstić information content (AvgIpc) is 2.41. The van der Waals surface area contributed by atoms with Crippen LogP contribution in [0.3, 0.4) is 0 Å². The van der Waals surface area contributed by atoms with Crippen molar-refractivity contribution < 1.29 is 4.79 Å². The van der Waals surface area contributed by atoms with Crippen LogP contribution >= 0.6 is 15.9 Å². The molecular formula is C11H16BrN5O. The predicted molar refractivity (Wildman–Crippen MR) is 72.3 cm³/mol. The Morgan fingerprint density at radius 3 is 2.78 bits per heavy atom. The lowest BCUT2D eigenvalue weighted by Gasteiger charge is -2.31. The number of carbonyl (C=O) groups excluding carboxylic acids is 1. The minimum atomic E-state index is -0.155. The zero-order chi connectivity index (χ0) is 13.0. The van der Waals surface area contributed by atoms with Crippen LogP contribution in [0.2, 0.25) is 0 Å². The molecule has 7 heteroatoms. The number of anilines is 1. The first kappa shape index (κ1) is 13.4. The Bertz CT molecular complexity index is 404. The van der Waals surface area contributed by atoms with Crippen molar-refractivity contribution in [1.29, 1.82) is 0 Å². The minimum Gasteiger partial charge on any atom is -0.314 e. The second-order valence-electron chi connectivity index (χ2n) is 4.18. The molecule has 2 N–H and O–H groups in total. The van der Waals surface area contributed by atoms with E-state index in [2.05, 4.69) is 41.4 Å². The van der Waals surface area contributed by atoms with Crippen molar-refractivity contribution in [3.8, 4) is 0 Å². The first-order chi connectivity index (χ1) is 8.66. The number of hydrogen-bond acceptors (Lipinski definition) is 5. The Balaban J connectivity index is 1.92. The highest BCUT2D eigenvalue weighted by Crippen LogP contribution is 2.08. The van der Waals surface area contributed by atoms with Gasteiger partial charge in [-0.25, -0.2) is 9.97 Å². The molecule has 0 aromatic carbocycles. The molecule has 98 valence electrons. The van der Waals surface area contributed by atoms with Gasteiger partial charge < -0.3 is 10.6 Å². The third kappa shape index (κ3) is 3.47. The highest BCUT2D eigenvalue weighted by atomic mass is 79.9. The first-order valence-corrected chi connectivity index (χ1v) is 6.69. The van der Waals surface area contributed by atoms with Crippen LogP contribution in [-0.4, -0.2) is 53.0 Å². The van der Waals surface area contributed by atoms with Gasteiger partial charge in [-0.1, -0.05) is 0 Å². The molecule has 1 aromatic heterocycles. The van der Waals surface area contributed by atoms with Gasteiger partial charge in [0.2, 0.25) is 5.91 Å². The van der Waals surface area contributed by atoms with Gasteiger partial charge in [0.25, 0.3) is 0 Å². The SMILES string of the molecule is CC(C(=O)Nc1cnc(Br)cn1)N1CCNCC1. The molecule has 0 spiro atoms. The molecule has 2 rings (SSSR count). The fraction of sp³-hybridized carbons (Fsp3) is 0.545. The molecular weight excluding hydrogens is 298 g/mol. The van der Waals surface area contributed by atoms with E-state index in [-0.39, 0.29) is 11.9 Å². The van der Waals surface area contributed by atoms with Crippen molar-refractivity contribution in [2.45, 2.75) is 13.0 Å². The van der Waals surface area contributed by atoms with Gasteiger partial charge in [-0.05, 0) is 22.9 Å². The van der Waals surface area contributed by atoms with Crippen LogP contribution in [0.15, 0.2) is 17.0 Å². The lowest BCUT2D eigenvalue weighted by molar-refractivity contribution is -0.121. The Morgan fingerprint density at radius 1 is 1.44 bits per heavy atom. The molecule has 1 fully saturated rings. The summed E-state index contributed by atoms with van der Waals surface area (Å²) in [6.45, 7) is 5.54. The van der Waals surface area contributed by atoms with Crippen molar-refractivity contribution in [1.82, 2.24) is 20.2 Å². The number of nitrogens with zero attached hydrogens (tertiary/aromatic N) is 3. The molecule has 0 radical (unpaired) electrons. The Morgan fingerprint density at radius 2 is 2.17 bits per heavy atom. The summed E-state index contributed by atoms with van der Waals surface area (Å²) in [4.78, 5) is 22.3. The summed E-state index contributed by atoms with van der Waals surface area (Å²) in [5.74, 6) is 0.429. The molecule has 1 aliphatic heterocycles. The molecule has 6 nitrogen and oxygen atoms in total. The lowest BCUT2D eigenvalue weighted by Crippen LogP contribution is -2.51. The van der Waals surface area contributed by atoms with E-state index in [0.717, 1.165) is 26.2 Å². The van der Waals surface area contributed by atoms with Gasteiger partial charge in [0, 0.05) is 26.2 Å². The predicted octanol–water partition coefficient (Wildman–Crippen LogP) is 0.471. The third-order valence-electron chi connectivity index (χ3n) is 2.95. The van der Waals surface area contributed by atoms with Crippen molar-refractivity contribution in [2.24, 2.45) is 0 Å². The van der Waals surface area contributed by atoms with E-state index >= 15 is 0 Å². The van der Waals surface area contributed by atoms with Crippen molar-refractivity contribution in [3.05, 3.63) is 17.0 Å². The quantitative estimate of drug-likeness (QED) is 0.849. The maximum Gasteiger partial charge on any atom is 0.242 e. The number of carbonyl (C=O) groups is 1. The van der Waals surface area contributed by atoms with Gasteiger partial charge in [-0.15, -0.1) is 0 Å². The Hall–Kier alpha value is -1.05. The summed E-state index contributed by atoms with van der Waals surface area (Å²) in [6.07, 6.45) is 3.09. The van der Waals surface area contributed by atoms with Gasteiger partial charge in [-0.2, -0.15) is 0 Å². The fourth-order valence-electron chi connectivity index (χ4n) is 1.84. The second kappa shape index (κ2) is 6.21. The van der Waals surface area contributed by atoms with Crippen LogP contribution in [0.25, 0.3) is 0 Å². The van der Waals surface area contributed by atoms with Crippen LogP contribution < -0.4 is 10.6 Å². The molecule has 0 saturated carbocycles. The molecule has 0 aliphatic carbocycles. The number of rotatable bonds is 3. The van der Waals surface area contributed by atoms with Crippen LogP contribution in [-0.2, 0) is 4.79 Å². The van der Waals surface area contributed by atoms with E-state index in [1.165, 1.54) is 6.20 Å². The summed E-state index contributed by atoms with van der Waals surface area (Å²) in [6, 6.07) is -0.155. The molecule has 1 amide bonds. The van der Waals surface area contributed by atoms with E-state index in [0.29, 0.717) is 10.4 Å². The van der Waals surface area contributed by atoms with Gasteiger partial charge in [0.05, 0.1) is 18.4 Å². The van der Waals surface area contributed by atoms with E-state index in [4.69, 9.17) is 0 Å². The van der Waals surface area contributed by atoms with E-state index in [1.54, 1.807) is 6.20 Å². The number of nitrogens with one attached hydrogen (secondary N) is 2. The van der Waals surface area contributed by atoms with Crippen molar-refractivity contribution in [3.63, 3.8) is 0 Å². The van der Waals surface area contributed by atoms with E-state index in [1.807, 2.05) is 6.92 Å². The van der Waals surface area contributed by atoms with Gasteiger partial charge >= 0.3 is 0 Å². The second-order valence-corrected chi connectivity index (χ2v) is 4.99. The van der Waals surface area contributed by atoms with Crippen molar-refractivity contribution >= 4 is 27.7 Å². The molecule has 1 aromatic rings. The molecule has 2 heterocycles. The largest absolute Gasteiger partial charge is 0.314 e. The Kier molecular flexibility index (Phi) is 4.62. The summed E-state index contributed by atoms with van der Waals surface area (Å²) < 4.78 is 0.649. The van der Waals surface area contributed by atoms with E-state index < -0.39 is 0 Å². The zero-order valence-corrected chi connectivity index (χ0v) is 11.8. The highest BCUT2D eigenvalue weighted by Gasteiger charge is 2.22. The minimum absolute atomic E-state index is 0.0477. The maximum absolute atomic E-state index is 12.0. The van der Waals surface area contributed by atoms with Crippen LogP contribution in [0.1, 0.15) is 6.92 Å². The number of halogens is 1. The average molecular weight is 314 g/mol. The summed E-state index contributed by atoms with van der Waals surface area (Å²) in [5.41, 5.74) is 0.